The Labute approximate surface area is 225 Å². The molecular formula is C29H29ClN2O6. The Morgan fingerprint density at radius 1 is 0.974 bits per heavy atom. The number of aliphatic carboxylic acids is 1. The highest BCUT2D eigenvalue weighted by Gasteiger charge is 2.21. The average Bonchev–Trinajstić information content (AvgIpc) is 3.15. The molecule has 0 aliphatic heterocycles. The van der Waals surface area contributed by atoms with Gasteiger partial charge >= 0.3 is 5.97 Å². The highest BCUT2D eigenvalue weighted by molar-refractivity contribution is 6.30. The second-order valence-corrected chi connectivity index (χ2v) is 8.74. The molecular weight excluding hydrogens is 508 g/mol. The van der Waals surface area contributed by atoms with Gasteiger partial charge in [-0.1, -0.05) is 11.6 Å². The van der Waals surface area contributed by atoms with E-state index in [0.717, 1.165) is 11.4 Å². The summed E-state index contributed by atoms with van der Waals surface area (Å²) < 4.78 is 12.0. The first-order chi connectivity index (χ1) is 18.1. The number of aromatic nitrogens is 1. The molecule has 0 spiro atoms. The van der Waals surface area contributed by atoms with E-state index < -0.39 is 5.97 Å². The molecule has 198 valence electrons. The average molecular weight is 537 g/mol. The van der Waals surface area contributed by atoms with Crippen molar-refractivity contribution in [2.24, 2.45) is 0 Å². The molecule has 0 saturated carbocycles. The van der Waals surface area contributed by atoms with Gasteiger partial charge in [0.1, 0.15) is 11.5 Å². The summed E-state index contributed by atoms with van der Waals surface area (Å²) in [6.45, 7) is 5.82. The molecule has 0 aliphatic rings. The van der Waals surface area contributed by atoms with E-state index in [9.17, 15) is 19.5 Å². The molecule has 0 atom stereocenters. The van der Waals surface area contributed by atoms with Gasteiger partial charge in [-0.15, -0.1) is 0 Å². The van der Waals surface area contributed by atoms with Gasteiger partial charge in [-0.05, 0) is 86.1 Å². The molecule has 0 fully saturated rings. The maximum absolute atomic E-state index is 13.0. The Hall–Kier alpha value is -4.30. The van der Waals surface area contributed by atoms with Crippen molar-refractivity contribution >= 4 is 46.0 Å². The van der Waals surface area contributed by atoms with Crippen LogP contribution in [0.3, 0.4) is 0 Å². The Kier molecular flexibility index (Phi) is 9.51. The van der Waals surface area contributed by atoms with Crippen molar-refractivity contribution < 1.29 is 29.0 Å². The smallest absolute Gasteiger partial charge is 0.307 e. The predicted molar refractivity (Wildman–Crippen MR) is 148 cm³/mol. The molecule has 1 heterocycles. The highest BCUT2D eigenvalue weighted by Crippen LogP contribution is 2.30. The fourth-order valence-corrected chi connectivity index (χ4v) is 4.08. The van der Waals surface area contributed by atoms with Crippen LogP contribution in [-0.2, 0) is 16.0 Å². The summed E-state index contributed by atoms with van der Waals surface area (Å²) in [5.41, 5.74) is 3.11. The number of ether oxygens (including phenoxy) is 2. The lowest BCUT2D eigenvalue weighted by Crippen LogP contribution is -2.14. The molecule has 38 heavy (non-hydrogen) atoms. The fraction of sp³-hybridized carbons (Fsp3) is 0.207. The number of rotatable bonds is 7. The monoisotopic (exact) mass is 536 g/mol. The minimum atomic E-state index is -0.955. The van der Waals surface area contributed by atoms with Gasteiger partial charge in [0.25, 0.3) is 5.91 Å². The summed E-state index contributed by atoms with van der Waals surface area (Å²) >= 11 is 5.89. The minimum Gasteiger partial charge on any atom is -0.497 e. The number of hydrogen-bond acceptors (Lipinski definition) is 5. The number of anilines is 1. The van der Waals surface area contributed by atoms with Crippen LogP contribution in [-0.4, -0.2) is 41.2 Å². The van der Waals surface area contributed by atoms with Gasteiger partial charge in [0.15, 0.2) is 0 Å². The number of carboxylic acid groups (broad SMARTS) is 1. The highest BCUT2D eigenvalue weighted by atomic mass is 35.5. The molecule has 0 aliphatic carbocycles. The summed E-state index contributed by atoms with van der Waals surface area (Å²) in [5, 5.41) is 13.2. The number of amides is 1. The number of fused-ring (bicyclic) bond motifs is 1. The SMILES string of the molecule is CCOc1ccc(NC(C)=O)cc1.COc1ccc2c(c1)c(CC(=O)O)c(C)n2C(=O)c1ccc(Cl)cc1. The van der Waals surface area contributed by atoms with E-state index in [4.69, 9.17) is 21.1 Å². The van der Waals surface area contributed by atoms with Crippen LogP contribution in [0.15, 0.2) is 66.7 Å². The molecule has 0 radical (unpaired) electrons. The summed E-state index contributed by atoms with van der Waals surface area (Å²) in [6, 6.07) is 19.1. The molecule has 9 heteroatoms. The van der Waals surface area contributed by atoms with Crippen LogP contribution in [0.4, 0.5) is 5.69 Å². The number of carbonyl (C=O) groups is 3. The van der Waals surface area contributed by atoms with Crippen molar-refractivity contribution in [3.05, 3.63) is 88.6 Å². The van der Waals surface area contributed by atoms with Crippen molar-refractivity contribution in [3.8, 4) is 11.5 Å². The van der Waals surface area contributed by atoms with Gasteiger partial charge < -0.3 is 19.9 Å². The third kappa shape index (κ3) is 6.92. The number of carbonyl (C=O) groups excluding carboxylic acids is 2. The largest absolute Gasteiger partial charge is 0.497 e. The zero-order valence-electron chi connectivity index (χ0n) is 21.6. The first-order valence-corrected chi connectivity index (χ1v) is 12.2. The number of hydrogen-bond donors (Lipinski definition) is 2. The molecule has 4 aromatic rings. The van der Waals surface area contributed by atoms with Gasteiger partial charge in [-0.25, -0.2) is 0 Å². The lowest BCUT2D eigenvalue weighted by molar-refractivity contribution is -0.136. The van der Waals surface area contributed by atoms with E-state index in [1.165, 1.54) is 11.5 Å². The van der Waals surface area contributed by atoms with Crippen molar-refractivity contribution in [3.63, 3.8) is 0 Å². The van der Waals surface area contributed by atoms with Crippen LogP contribution in [0.5, 0.6) is 11.5 Å². The first-order valence-electron chi connectivity index (χ1n) is 11.8. The molecule has 1 amide bonds. The lowest BCUT2D eigenvalue weighted by atomic mass is 10.1. The summed E-state index contributed by atoms with van der Waals surface area (Å²) in [4.78, 5) is 34.9. The Morgan fingerprint density at radius 3 is 2.16 bits per heavy atom. The number of nitrogens with one attached hydrogen (secondary N) is 1. The number of halogens is 1. The van der Waals surface area contributed by atoms with E-state index in [-0.39, 0.29) is 18.2 Å². The summed E-state index contributed by atoms with van der Waals surface area (Å²) in [6.07, 6.45) is -0.170. The molecule has 0 unspecified atom stereocenters. The quantitative estimate of drug-likeness (QED) is 0.301. The Bertz CT molecular complexity index is 1440. The van der Waals surface area contributed by atoms with Crippen molar-refractivity contribution in [1.82, 2.24) is 4.57 Å². The number of carboxylic acids is 1. The van der Waals surface area contributed by atoms with E-state index in [0.29, 0.717) is 45.1 Å². The zero-order chi connectivity index (χ0) is 27.8. The van der Waals surface area contributed by atoms with E-state index in [2.05, 4.69) is 5.32 Å². The number of methoxy groups -OCH3 is 1. The van der Waals surface area contributed by atoms with E-state index >= 15 is 0 Å². The second kappa shape index (κ2) is 12.8. The van der Waals surface area contributed by atoms with Crippen molar-refractivity contribution in [1.29, 1.82) is 0 Å². The molecule has 1 aromatic heterocycles. The van der Waals surface area contributed by atoms with E-state index in [1.807, 2.05) is 31.2 Å². The maximum atomic E-state index is 13.0. The molecule has 2 N–H and O–H groups in total. The fourth-order valence-electron chi connectivity index (χ4n) is 3.95. The Morgan fingerprint density at radius 2 is 1.61 bits per heavy atom. The molecule has 0 bridgehead atoms. The van der Waals surface area contributed by atoms with Crippen LogP contribution >= 0.6 is 11.6 Å². The standard InChI is InChI=1S/C19H16ClNO4.C10H13NO2/c1-11-15(10-18(22)23)16-9-14(25-2)7-8-17(16)21(11)19(24)12-3-5-13(20)6-4-12;1-3-13-10-6-4-9(5-7-10)11-8(2)12/h3-9H,10H2,1-2H3,(H,22,23);4-7H,3H2,1-2H3,(H,11,12). The number of benzene rings is 3. The van der Waals surface area contributed by atoms with Gasteiger partial charge in [-0.3, -0.25) is 19.0 Å². The van der Waals surface area contributed by atoms with Crippen LogP contribution in [0.2, 0.25) is 5.02 Å². The van der Waals surface area contributed by atoms with E-state index in [1.54, 1.807) is 56.5 Å². The van der Waals surface area contributed by atoms with Crippen LogP contribution in [0.1, 0.15) is 35.5 Å². The topological polar surface area (TPSA) is 107 Å². The maximum Gasteiger partial charge on any atom is 0.307 e. The zero-order valence-corrected chi connectivity index (χ0v) is 22.3. The van der Waals surface area contributed by atoms with Crippen LogP contribution in [0, 0.1) is 6.92 Å². The number of nitrogens with zero attached hydrogens (tertiary/aromatic N) is 1. The predicted octanol–water partition coefficient (Wildman–Crippen LogP) is 5.97. The lowest BCUT2D eigenvalue weighted by Gasteiger charge is -2.08. The van der Waals surface area contributed by atoms with Crippen LogP contribution < -0.4 is 14.8 Å². The van der Waals surface area contributed by atoms with Gasteiger partial charge in [0.05, 0.1) is 25.7 Å². The minimum absolute atomic E-state index is 0.0656. The molecule has 4 rings (SSSR count). The van der Waals surface area contributed by atoms with Gasteiger partial charge in [-0.2, -0.15) is 0 Å². The first kappa shape index (κ1) is 28.3. The second-order valence-electron chi connectivity index (χ2n) is 8.30. The Balaban J connectivity index is 0.000000260. The van der Waals surface area contributed by atoms with Crippen LogP contribution in [0.25, 0.3) is 10.9 Å². The normalized spacial score (nSPS) is 10.3. The third-order valence-electron chi connectivity index (χ3n) is 5.65. The van der Waals surface area contributed by atoms with Crippen molar-refractivity contribution in [2.45, 2.75) is 27.2 Å². The molecule has 3 aromatic carbocycles. The molecule has 8 nitrogen and oxygen atoms in total. The van der Waals surface area contributed by atoms with Crippen molar-refractivity contribution in [2.75, 3.05) is 19.0 Å². The van der Waals surface area contributed by atoms with Gasteiger partial charge in [0.2, 0.25) is 5.91 Å². The third-order valence-corrected chi connectivity index (χ3v) is 5.90. The summed E-state index contributed by atoms with van der Waals surface area (Å²) in [7, 11) is 1.54. The van der Waals surface area contributed by atoms with Gasteiger partial charge in [0, 0.05) is 34.3 Å². The summed E-state index contributed by atoms with van der Waals surface area (Å²) in [5.74, 6) is 0.167. The molecule has 0 saturated heterocycles.